The molecule has 0 saturated heterocycles. The Hall–Kier alpha value is -1.22. The summed E-state index contributed by atoms with van der Waals surface area (Å²) in [5, 5.41) is 3.39. The van der Waals surface area contributed by atoms with Crippen molar-refractivity contribution in [1.82, 2.24) is 5.32 Å². The van der Waals surface area contributed by atoms with Crippen LogP contribution in [-0.2, 0) is 0 Å². The van der Waals surface area contributed by atoms with Crippen molar-refractivity contribution in [3.05, 3.63) is 23.8 Å². The second-order valence-electron chi connectivity index (χ2n) is 4.89. The third kappa shape index (κ3) is 4.22. The van der Waals surface area contributed by atoms with Gasteiger partial charge < -0.3 is 14.8 Å². The molecule has 1 rings (SSSR count). The lowest BCUT2D eigenvalue weighted by molar-refractivity contribution is 0.256. The summed E-state index contributed by atoms with van der Waals surface area (Å²) in [6.07, 6.45) is 0. The maximum atomic E-state index is 5.74. The van der Waals surface area contributed by atoms with Crippen LogP contribution >= 0.6 is 0 Å². The van der Waals surface area contributed by atoms with Crippen LogP contribution in [-0.4, -0.2) is 20.3 Å². The number of ether oxygens (including phenoxy) is 2. The van der Waals surface area contributed by atoms with Crippen LogP contribution in [0.4, 0.5) is 0 Å². The summed E-state index contributed by atoms with van der Waals surface area (Å²) in [7, 11) is 1.68. The predicted molar refractivity (Wildman–Crippen MR) is 75.4 cm³/mol. The summed E-state index contributed by atoms with van der Waals surface area (Å²) >= 11 is 0. The number of nitrogens with one attached hydrogen (secondary N) is 1. The van der Waals surface area contributed by atoms with Gasteiger partial charge in [-0.2, -0.15) is 0 Å². The van der Waals surface area contributed by atoms with Crippen LogP contribution in [0.2, 0.25) is 0 Å². The van der Waals surface area contributed by atoms with Crippen molar-refractivity contribution >= 4 is 0 Å². The van der Waals surface area contributed by atoms with Crippen LogP contribution in [0.15, 0.2) is 18.2 Å². The van der Waals surface area contributed by atoms with Gasteiger partial charge in [0.1, 0.15) is 0 Å². The van der Waals surface area contributed by atoms with Gasteiger partial charge in [-0.3, -0.25) is 0 Å². The Kier molecular flexibility index (Phi) is 5.99. The van der Waals surface area contributed by atoms with Crippen LogP contribution in [0.1, 0.15) is 39.3 Å². The van der Waals surface area contributed by atoms with Crippen molar-refractivity contribution in [3.8, 4) is 11.5 Å². The molecule has 3 heteroatoms. The molecule has 0 spiro atoms. The van der Waals surface area contributed by atoms with Gasteiger partial charge in [-0.15, -0.1) is 0 Å². The average Bonchev–Trinajstić information content (AvgIpc) is 2.36. The maximum absolute atomic E-state index is 5.74. The SMILES string of the molecule is CCNC(C)c1ccc(OCC(C)C)c(OC)c1. The summed E-state index contributed by atoms with van der Waals surface area (Å²) in [6.45, 7) is 10.2. The molecule has 18 heavy (non-hydrogen) atoms. The Morgan fingerprint density at radius 1 is 1.17 bits per heavy atom. The molecule has 0 bridgehead atoms. The summed E-state index contributed by atoms with van der Waals surface area (Å²) in [5.41, 5.74) is 1.21. The zero-order valence-corrected chi connectivity index (χ0v) is 12.1. The van der Waals surface area contributed by atoms with Crippen molar-refractivity contribution in [1.29, 1.82) is 0 Å². The minimum atomic E-state index is 0.322. The first-order valence-electron chi connectivity index (χ1n) is 6.62. The number of hydrogen-bond acceptors (Lipinski definition) is 3. The highest BCUT2D eigenvalue weighted by molar-refractivity contribution is 5.43. The molecule has 0 fully saturated rings. The van der Waals surface area contributed by atoms with Crippen molar-refractivity contribution in [2.24, 2.45) is 5.92 Å². The fourth-order valence-corrected chi connectivity index (χ4v) is 1.75. The van der Waals surface area contributed by atoms with E-state index in [0.717, 1.165) is 18.0 Å². The van der Waals surface area contributed by atoms with Crippen LogP contribution in [0.5, 0.6) is 11.5 Å². The molecule has 0 aromatic heterocycles. The standard InChI is InChI=1S/C15H25NO2/c1-6-16-12(4)13-7-8-14(15(9-13)17-5)18-10-11(2)3/h7-9,11-12,16H,6,10H2,1-5H3. The number of rotatable bonds is 7. The lowest BCUT2D eigenvalue weighted by atomic mass is 10.1. The van der Waals surface area contributed by atoms with Gasteiger partial charge >= 0.3 is 0 Å². The molecule has 1 aromatic rings. The molecule has 0 saturated carbocycles. The zero-order valence-electron chi connectivity index (χ0n) is 12.1. The van der Waals surface area contributed by atoms with E-state index in [-0.39, 0.29) is 0 Å². The lowest BCUT2D eigenvalue weighted by Crippen LogP contribution is -2.17. The second kappa shape index (κ2) is 7.27. The molecule has 0 radical (unpaired) electrons. The highest BCUT2D eigenvalue weighted by Gasteiger charge is 2.10. The first-order valence-corrected chi connectivity index (χ1v) is 6.62. The van der Waals surface area contributed by atoms with Crippen molar-refractivity contribution in [2.75, 3.05) is 20.3 Å². The Labute approximate surface area is 110 Å². The van der Waals surface area contributed by atoms with Gasteiger partial charge in [0.15, 0.2) is 11.5 Å². The quantitative estimate of drug-likeness (QED) is 0.805. The van der Waals surface area contributed by atoms with Crippen molar-refractivity contribution in [2.45, 2.75) is 33.7 Å². The lowest BCUT2D eigenvalue weighted by Gasteiger charge is -2.17. The topological polar surface area (TPSA) is 30.5 Å². The Morgan fingerprint density at radius 2 is 1.89 bits per heavy atom. The molecule has 0 aliphatic carbocycles. The molecular formula is C15H25NO2. The third-order valence-corrected chi connectivity index (χ3v) is 2.77. The minimum Gasteiger partial charge on any atom is -0.493 e. The molecule has 102 valence electrons. The smallest absolute Gasteiger partial charge is 0.161 e. The van der Waals surface area contributed by atoms with Gasteiger partial charge in [-0.25, -0.2) is 0 Å². The Bertz CT molecular complexity index is 364. The monoisotopic (exact) mass is 251 g/mol. The average molecular weight is 251 g/mol. The maximum Gasteiger partial charge on any atom is 0.161 e. The molecule has 0 heterocycles. The van der Waals surface area contributed by atoms with E-state index < -0.39 is 0 Å². The number of benzene rings is 1. The van der Waals surface area contributed by atoms with Crippen LogP contribution in [0, 0.1) is 5.92 Å². The van der Waals surface area contributed by atoms with Crippen LogP contribution in [0.3, 0.4) is 0 Å². The van der Waals surface area contributed by atoms with E-state index in [1.165, 1.54) is 5.56 Å². The molecule has 3 nitrogen and oxygen atoms in total. The summed E-state index contributed by atoms with van der Waals surface area (Å²) in [4.78, 5) is 0. The van der Waals surface area contributed by atoms with Gasteiger partial charge in [0.2, 0.25) is 0 Å². The van der Waals surface area contributed by atoms with Crippen molar-refractivity contribution < 1.29 is 9.47 Å². The van der Waals surface area contributed by atoms with E-state index in [0.29, 0.717) is 18.6 Å². The fraction of sp³-hybridized carbons (Fsp3) is 0.600. The molecule has 1 aromatic carbocycles. The largest absolute Gasteiger partial charge is 0.493 e. The summed E-state index contributed by atoms with van der Waals surface area (Å²) in [6, 6.07) is 6.45. The zero-order chi connectivity index (χ0) is 13.5. The Morgan fingerprint density at radius 3 is 2.44 bits per heavy atom. The first-order chi connectivity index (χ1) is 8.58. The molecular weight excluding hydrogens is 226 g/mol. The fourth-order valence-electron chi connectivity index (χ4n) is 1.75. The third-order valence-electron chi connectivity index (χ3n) is 2.77. The van der Waals surface area contributed by atoms with E-state index in [1.807, 2.05) is 12.1 Å². The van der Waals surface area contributed by atoms with E-state index in [2.05, 4.69) is 39.1 Å². The van der Waals surface area contributed by atoms with E-state index in [9.17, 15) is 0 Å². The Balaban J connectivity index is 2.82. The van der Waals surface area contributed by atoms with Gasteiger partial charge in [0.05, 0.1) is 13.7 Å². The number of methoxy groups -OCH3 is 1. The minimum absolute atomic E-state index is 0.322. The summed E-state index contributed by atoms with van der Waals surface area (Å²) in [5.74, 6) is 2.13. The van der Waals surface area contributed by atoms with Crippen LogP contribution < -0.4 is 14.8 Å². The molecule has 1 atom stereocenters. The molecule has 1 N–H and O–H groups in total. The predicted octanol–water partition coefficient (Wildman–Crippen LogP) is 3.40. The van der Waals surface area contributed by atoms with Crippen molar-refractivity contribution in [3.63, 3.8) is 0 Å². The second-order valence-corrected chi connectivity index (χ2v) is 4.89. The highest BCUT2D eigenvalue weighted by atomic mass is 16.5. The molecule has 1 unspecified atom stereocenters. The van der Waals surface area contributed by atoms with Gasteiger partial charge in [-0.05, 0) is 37.1 Å². The van der Waals surface area contributed by atoms with E-state index in [1.54, 1.807) is 7.11 Å². The van der Waals surface area contributed by atoms with Gasteiger partial charge in [0, 0.05) is 6.04 Å². The molecule has 0 amide bonds. The highest BCUT2D eigenvalue weighted by Crippen LogP contribution is 2.30. The normalized spacial score (nSPS) is 12.6. The van der Waals surface area contributed by atoms with Gasteiger partial charge in [-0.1, -0.05) is 26.8 Å². The van der Waals surface area contributed by atoms with Crippen LogP contribution in [0.25, 0.3) is 0 Å². The first kappa shape index (κ1) is 14.8. The van der Waals surface area contributed by atoms with E-state index in [4.69, 9.17) is 9.47 Å². The number of hydrogen-bond donors (Lipinski definition) is 1. The molecule has 0 aliphatic rings. The van der Waals surface area contributed by atoms with Gasteiger partial charge in [0.25, 0.3) is 0 Å². The van der Waals surface area contributed by atoms with E-state index >= 15 is 0 Å². The molecule has 0 aliphatic heterocycles. The summed E-state index contributed by atoms with van der Waals surface area (Å²) < 4.78 is 11.1.